The smallest absolute Gasteiger partial charge is 0.163 e. The van der Waals surface area contributed by atoms with Crippen molar-refractivity contribution in [1.82, 2.24) is 0 Å². The van der Waals surface area contributed by atoms with Crippen molar-refractivity contribution in [2.24, 2.45) is 4.99 Å². The van der Waals surface area contributed by atoms with E-state index in [4.69, 9.17) is 14.2 Å². The monoisotopic (exact) mass is 387 g/mol. The molecule has 0 saturated carbocycles. The number of aliphatic imine (C=N–C) groups is 1. The Balaban J connectivity index is 1.70. The molecular weight excluding hydrogens is 350 g/mol. The van der Waals surface area contributed by atoms with Gasteiger partial charge in [0.25, 0.3) is 0 Å². The van der Waals surface area contributed by atoms with Gasteiger partial charge in [-0.1, -0.05) is 25.2 Å². The molecule has 2 saturated heterocycles. The van der Waals surface area contributed by atoms with Crippen molar-refractivity contribution in [3.8, 4) is 0 Å². The van der Waals surface area contributed by atoms with E-state index in [-0.39, 0.29) is 12.2 Å². The van der Waals surface area contributed by atoms with E-state index >= 15 is 0 Å². The Morgan fingerprint density at radius 1 is 1.21 bits per heavy atom. The molecule has 0 aromatic rings. The lowest BCUT2D eigenvalue weighted by atomic mass is 10.0. The topological polar surface area (TPSA) is 40.0 Å². The summed E-state index contributed by atoms with van der Waals surface area (Å²) < 4.78 is 17.8. The highest BCUT2D eigenvalue weighted by Crippen LogP contribution is 2.33. The lowest BCUT2D eigenvalue weighted by Crippen LogP contribution is -2.30. The molecule has 0 radical (unpaired) electrons. The lowest BCUT2D eigenvalue weighted by molar-refractivity contribution is -0.155. The van der Waals surface area contributed by atoms with Gasteiger partial charge in [0.05, 0.1) is 18.8 Å². The fraction of sp³-hybridized carbons (Fsp3) is 0.667. The van der Waals surface area contributed by atoms with Crippen molar-refractivity contribution < 1.29 is 14.2 Å². The van der Waals surface area contributed by atoms with Gasteiger partial charge in [-0.25, -0.2) is 0 Å². The summed E-state index contributed by atoms with van der Waals surface area (Å²) in [6.07, 6.45) is 13.6. The van der Waals surface area contributed by atoms with Gasteiger partial charge in [-0.05, 0) is 72.3 Å². The lowest BCUT2D eigenvalue weighted by Gasteiger charge is -2.21. The van der Waals surface area contributed by atoms with Gasteiger partial charge in [-0.2, -0.15) is 0 Å². The van der Waals surface area contributed by atoms with Crippen molar-refractivity contribution in [2.75, 3.05) is 6.61 Å². The first-order chi connectivity index (χ1) is 13.4. The molecule has 0 aliphatic carbocycles. The molecule has 0 aromatic heterocycles. The SMILES string of the molecule is C=C=C(C)C(/C=C\CCCC[C@H]1CC[C@H]([C@H]2COC(C)(C)O2)O1)=C(C)\N=C/C. The predicted molar refractivity (Wildman–Crippen MR) is 116 cm³/mol. The van der Waals surface area contributed by atoms with Gasteiger partial charge in [0.15, 0.2) is 5.79 Å². The van der Waals surface area contributed by atoms with Gasteiger partial charge in [0.1, 0.15) is 6.10 Å². The van der Waals surface area contributed by atoms with Crippen LogP contribution in [0.5, 0.6) is 0 Å². The molecule has 2 rings (SSSR count). The molecule has 2 heterocycles. The van der Waals surface area contributed by atoms with E-state index in [1.54, 1.807) is 0 Å². The first kappa shape index (κ1) is 22.8. The van der Waals surface area contributed by atoms with Crippen LogP contribution in [-0.4, -0.2) is 36.9 Å². The third-order valence-corrected chi connectivity index (χ3v) is 5.40. The maximum absolute atomic E-state index is 6.22. The Labute approximate surface area is 171 Å². The Morgan fingerprint density at radius 2 is 2.00 bits per heavy atom. The molecule has 0 spiro atoms. The predicted octanol–water partition coefficient (Wildman–Crippen LogP) is 5.90. The molecule has 4 heteroatoms. The van der Waals surface area contributed by atoms with E-state index in [1.165, 1.54) is 6.42 Å². The number of rotatable bonds is 9. The normalized spacial score (nSPS) is 28.1. The zero-order valence-corrected chi connectivity index (χ0v) is 18.3. The van der Waals surface area contributed by atoms with Crippen LogP contribution in [0.2, 0.25) is 0 Å². The molecule has 2 aliphatic heterocycles. The Hall–Kier alpha value is -1.45. The third-order valence-electron chi connectivity index (χ3n) is 5.40. The van der Waals surface area contributed by atoms with Crippen LogP contribution in [-0.2, 0) is 14.2 Å². The fourth-order valence-electron chi connectivity index (χ4n) is 3.83. The van der Waals surface area contributed by atoms with E-state index in [2.05, 4.69) is 29.5 Å². The summed E-state index contributed by atoms with van der Waals surface area (Å²) in [6, 6.07) is 0. The number of unbranched alkanes of at least 4 members (excludes halogenated alkanes) is 2. The summed E-state index contributed by atoms with van der Waals surface area (Å²) in [6.45, 7) is 14.3. The summed E-state index contributed by atoms with van der Waals surface area (Å²) in [4.78, 5) is 4.39. The number of ether oxygens (including phenoxy) is 3. The molecule has 2 fully saturated rings. The maximum atomic E-state index is 6.22. The van der Waals surface area contributed by atoms with Crippen LogP contribution in [0, 0.1) is 0 Å². The summed E-state index contributed by atoms with van der Waals surface area (Å²) in [5.74, 6) is -0.467. The van der Waals surface area contributed by atoms with Crippen LogP contribution in [0.15, 0.2) is 46.3 Å². The fourth-order valence-corrected chi connectivity index (χ4v) is 3.83. The minimum absolute atomic E-state index is 0.0864. The first-order valence-corrected chi connectivity index (χ1v) is 10.6. The second-order valence-corrected chi connectivity index (χ2v) is 8.12. The highest BCUT2D eigenvalue weighted by atomic mass is 16.7. The quantitative estimate of drug-likeness (QED) is 0.214. The van der Waals surface area contributed by atoms with Gasteiger partial charge in [0, 0.05) is 17.5 Å². The Morgan fingerprint density at radius 3 is 2.64 bits per heavy atom. The summed E-state index contributed by atoms with van der Waals surface area (Å²) in [5, 5.41) is 0. The number of allylic oxidation sites excluding steroid dienone is 5. The standard InChI is InChI=1S/C24H37NO3/c1-7-18(3)21(19(4)25-8-2)14-12-10-9-11-13-20-15-16-22(27-20)23-17-26-24(5,6)28-23/h8,12,14,20,22-23H,1,9-11,13,15-17H2,2-6H3/b14-12-,21-19-,25-8-/t20-,22+,23+/m0/s1. The van der Waals surface area contributed by atoms with Crippen LogP contribution < -0.4 is 0 Å². The molecule has 0 aromatic carbocycles. The summed E-state index contributed by atoms with van der Waals surface area (Å²) in [5.41, 5.74) is 6.11. The molecule has 4 nitrogen and oxygen atoms in total. The summed E-state index contributed by atoms with van der Waals surface area (Å²) >= 11 is 0. The Kier molecular flexibility index (Phi) is 8.91. The largest absolute Gasteiger partial charge is 0.372 e. The van der Waals surface area contributed by atoms with E-state index < -0.39 is 5.79 Å². The minimum atomic E-state index is -0.467. The number of hydrogen-bond donors (Lipinski definition) is 0. The molecule has 0 bridgehead atoms. The van der Waals surface area contributed by atoms with Crippen LogP contribution in [0.25, 0.3) is 0 Å². The number of nitrogens with zero attached hydrogens (tertiary/aromatic N) is 1. The van der Waals surface area contributed by atoms with E-state index in [0.29, 0.717) is 12.7 Å². The second kappa shape index (κ2) is 10.9. The van der Waals surface area contributed by atoms with Gasteiger partial charge >= 0.3 is 0 Å². The van der Waals surface area contributed by atoms with E-state index in [1.807, 2.05) is 40.8 Å². The second-order valence-electron chi connectivity index (χ2n) is 8.12. The van der Waals surface area contributed by atoms with Gasteiger partial charge in [0.2, 0.25) is 0 Å². The molecule has 3 atom stereocenters. The average Bonchev–Trinajstić information content (AvgIpc) is 3.26. The first-order valence-electron chi connectivity index (χ1n) is 10.6. The van der Waals surface area contributed by atoms with Crippen molar-refractivity contribution in [3.05, 3.63) is 41.3 Å². The maximum Gasteiger partial charge on any atom is 0.163 e. The van der Waals surface area contributed by atoms with Gasteiger partial charge in [-0.3, -0.25) is 4.99 Å². The minimum Gasteiger partial charge on any atom is -0.372 e. The molecule has 0 N–H and O–H groups in total. The van der Waals surface area contributed by atoms with Crippen molar-refractivity contribution >= 4 is 6.21 Å². The molecule has 156 valence electrons. The van der Waals surface area contributed by atoms with Crippen LogP contribution in [0.1, 0.15) is 73.1 Å². The van der Waals surface area contributed by atoms with Gasteiger partial charge < -0.3 is 14.2 Å². The van der Waals surface area contributed by atoms with Crippen LogP contribution in [0.3, 0.4) is 0 Å². The van der Waals surface area contributed by atoms with Crippen LogP contribution in [0.4, 0.5) is 0 Å². The molecule has 2 aliphatic rings. The average molecular weight is 388 g/mol. The van der Waals surface area contributed by atoms with E-state index in [9.17, 15) is 0 Å². The Bertz CT molecular complexity index is 653. The third kappa shape index (κ3) is 6.86. The number of hydrogen-bond acceptors (Lipinski definition) is 4. The van der Waals surface area contributed by atoms with Gasteiger partial charge in [-0.15, -0.1) is 5.73 Å². The molecular formula is C24H37NO3. The highest BCUT2D eigenvalue weighted by Gasteiger charge is 2.40. The molecule has 28 heavy (non-hydrogen) atoms. The molecule has 0 amide bonds. The molecule has 0 unspecified atom stereocenters. The summed E-state index contributed by atoms with van der Waals surface area (Å²) in [7, 11) is 0. The van der Waals surface area contributed by atoms with E-state index in [0.717, 1.165) is 48.9 Å². The van der Waals surface area contributed by atoms with Crippen molar-refractivity contribution in [1.29, 1.82) is 0 Å². The van der Waals surface area contributed by atoms with Crippen LogP contribution >= 0.6 is 0 Å². The highest BCUT2D eigenvalue weighted by molar-refractivity contribution is 5.56. The van der Waals surface area contributed by atoms with Crippen molar-refractivity contribution in [3.63, 3.8) is 0 Å². The zero-order valence-electron chi connectivity index (χ0n) is 18.3. The zero-order chi connectivity index (χ0) is 20.6. The van der Waals surface area contributed by atoms with Crippen molar-refractivity contribution in [2.45, 2.75) is 97.2 Å².